The summed E-state index contributed by atoms with van der Waals surface area (Å²) in [5.41, 5.74) is 1.73. The van der Waals surface area contributed by atoms with Crippen molar-refractivity contribution in [2.45, 2.75) is 19.9 Å². The molecule has 0 aromatic carbocycles. The largest absolute Gasteiger partial charge is 0.365 e. The molecule has 1 unspecified atom stereocenters. The number of fused-ring (bicyclic) bond motifs is 1. The zero-order valence-electron chi connectivity index (χ0n) is 10.6. The Morgan fingerprint density at radius 1 is 1.50 bits per heavy atom. The lowest BCUT2D eigenvalue weighted by molar-refractivity contribution is 0.598. The van der Waals surface area contributed by atoms with Crippen LogP contribution in [0, 0.1) is 6.92 Å². The zero-order chi connectivity index (χ0) is 13.3. The average Bonchev–Trinajstić information content (AvgIpc) is 2.56. The number of nitrogens with zero attached hydrogens (tertiary/aromatic N) is 3. The van der Waals surface area contributed by atoms with Gasteiger partial charge in [-0.3, -0.25) is 0 Å². The van der Waals surface area contributed by atoms with Crippen LogP contribution in [0.5, 0.6) is 0 Å². The Kier molecular flexibility index (Phi) is 3.25. The van der Waals surface area contributed by atoms with Gasteiger partial charge in [-0.1, -0.05) is 0 Å². The van der Waals surface area contributed by atoms with Crippen LogP contribution in [-0.2, 0) is 9.84 Å². The first-order chi connectivity index (χ1) is 8.35. The van der Waals surface area contributed by atoms with Crippen LogP contribution in [0.15, 0.2) is 18.5 Å². The van der Waals surface area contributed by atoms with E-state index in [1.807, 2.05) is 19.9 Å². The highest BCUT2D eigenvalue weighted by Gasteiger charge is 2.13. The van der Waals surface area contributed by atoms with E-state index in [1.165, 1.54) is 6.26 Å². The van der Waals surface area contributed by atoms with Crippen molar-refractivity contribution in [3.8, 4) is 0 Å². The van der Waals surface area contributed by atoms with Gasteiger partial charge in [0.2, 0.25) is 0 Å². The predicted octanol–water partition coefficient (Wildman–Crippen LogP) is 0.883. The lowest BCUT2D eigenvalue weighted by Gasteiger charge is -2.13. The minimum Gasteiger partial charge on any atom is -0.365 e. The molecule has 2 aromatic rings. The number of hydrogen-bond donors (Lipinski definition) is 1. The third kappa shape index (κ3) is 2.98. The van der Waals surface area contributed by atoms with E-state index in [4.69, 9.17) is 0 Å². The molecule has 98 valence electrons. The maximum atomic E-state index is 11.2. The fraction of sp³-hybridized carbons (Fsp3) is 0.455. The number of aromatic nitrogens is 3. The standard InChI is InChI=1S/C11H16N4O2S/c1-8-6-10-11(12-4-5-15(10)14-8)13-9(2)7-18(3,16)17/h4-6,9H,7H2,1-3H3,(H,12,13). The molecule has 0 aliphatic heterocycles. The van der Waals surface area contributed by atoms with Gasteiger partial charge in [-0.2, -0.15) is 5.10 Å². The van der Waals surface area contributed by atoms with E-state index < -0.39 is 9.84 Å². The second kappa shape index (κ2) is 4.56. The van der Waals surface area contributed by atoms with Crippen molar-refractivity contribution < 1.29 is 8.42 Å². The third-order valence-corrected chi connectivity index (χ3v) is 3.55. The molecule has 0 aliphatic carbocycles. The molecule has 2 rings (SSSR count). The van der Waals surface area contributed by atoms with Gasteiger partial charge in [0.15, 0.2) is 5.82 Å². The van der Waals surface area contributed by atoms with E-state index >= 15 is 0 Å². The number of sulfone groups is 1. The van der Waals surface area contributed by atoms with Crippen LogP contribution >= 0.6 is 0 Å². The summed E-state index contributed by atoms with van der Waals surface area (Å²) in [5, 5.41) is 7.38. The van der Waals surface area contributed by atoms with Crippen LogP contribution in [0.4, 0.5) is 5.82 Å². The van der Waals surface area contributed by atoms with Gasteiger partial charge >= 0.3 is 0 Å². The average molecular weight is 268 g/mol. The minimum absolute atomic E-state index is 0.0723. The number of hydrogen-bond acceptors (Lipinski definition) is 5. The molecule has 2 aromatic heterocycles. The van der Waals surface area contributed by atoms with Crippen molar-refractivity contribution in [2.24, 2.45) is 0 Å². The van der Waals surface area contributed by atoms with E-state index in [2.05, 4.69) is 15.4 Å². The SMILES string of the molecule is Cc1cc2c(NC(C)CS(C)(=O)=O)nccn2n1. The van der Waals surface area contributed by atoms with E-state index in [9.17, 15) is 8.42 Å². The first-order valence-corrected chi connectivity index (χ1v) is 7.66. The topological polar surface area (TPSA) is 76.4 Å². The lowest BCUT2D eigenvalue weighted by atomic mass is 10.3. The van der Waals surface area contributed by atoms with Crippen molar-refractivity contribution >= 4 is 21.2 Å². The number of aryl methyl sites for hydroxylation is 1. The minimum atomic E-state index is -3.00. The molecule has 7 heteroatoms. The summed E-state index contributed by atoms with van der Waals surface area (Å²) in [6.45, 7) is 3.71. The quantitative estimate of drug-likeness (QED) is 0.891. The molecule has 0 bridgehead atoms. The molecule has 0 saturated carbocycles. The monoisotopic (exact) mass is 268 g/mol. The zero-order valence-corrected chi connectivity index (χ0v) is 11.4. The number of rotatable bonds is 4. The second-order valence-corrected chi connectivity index (χ2v) is 6.71. The highest BCUT2D eigenvalue weighted by Crippen LogP contribution is 2.15. The van der Waals surface area contributed by atoms with Gasteiger partial charge in [-0.05, 0) is 19.9 Å². The van der Waals surface area contributed by atoms with Gasteiger partial charge in [0.1, 0.15) is 15.4 Å². The highest BCUT2D eigenvalue weighted by molar-refractivity contribution is 7.90. The summed E-state index contributed by atoms with van der Waals surface area (Å²) in [4.78, 5) is 4.22. The van der Waals surface area contributed by atoms with Crippen molar-refractivity contribution in [1.82, 2.24) is 14.6 Å². The molecule has 18 heavy (non-hydrogen) atoms. The van der Waals surface area contributed by atoms with Crippen LogP contribution in [0.2, 0.25) is 0 Å². The molecule has 1 N–H and O–H groups in total. The molecule has 6 nitrogen and oxygen atoms in total. The first-order valence-electron chi connectivity index (χ1n) is 5.60. The molecule has 0 fully saturated rings. The van der Waals surface area contributed by atoms with Gasteiger partial charge in [0.05, 0.1) is 11.4 Å². The molecule has 0 amide bonds. The molecular formula is C11H16N4O2S. The van der Waals surface area contributed by atoms with Crippen LogP contribution in [-0.4, -0.2) is 41.1 Å². The molecule has 1 atom stereocenters. The molecule has 0 saturated heterocycles. The molecular weight excluding hydrogens is 252 g/mol. The Bertz CT molecular complexity index is 663. The molecule has 0 radical (unpaired) electrons. The van der Waals surface area contributed by atoms with E-state index in [0.29, 0.717) is 5.82 Å². The Labute approximate surface area is 106 Å². The normalized spacial score (nSPS) is 13.7. The maximum Gasteiger partial charge on any atom is 0.152 e. The van der Waals surface area contributed by atoms with Crippen LogP contribution in [0.1, 0.15) is 12.6 Å². The summed E-state index contributed by atoms with van der Waals surface area (Å²) in [6, 6.07) is 1.71. The van der Waals surface area contributed by atoms with Crippen molar-refractivity contribution in [2.75, 3.05) is 17.3 Å². The van der Waals surface area contributed by atoms with Crippen molar-refractivity contribution in [3.63, 3.8) is 0 Å². The highest BCUT2D eigenvalue weighted by atomic mass is 32.2. The maximum absolute atomic E-state index is 11.2. The number of nitrogens with one attached hydrogen (secondary N) is 1. The fourth-order valence-electron chi connectivity index (χ4n) is 1.88. The van der Waals surface area contributed by atoms with Gasteiger partial charge in [-0.15, -0.1) is 0 Å². The summed E-state index contributed by atoms with van der Waals surface area (Å²) in [7, 11) is -3.00. The van der Waals surface area contributed by atoms with Crippen LogP contribution < -0.4 is 5.32 Å². The fourth-order valence-corrected chi connectivity index (χ4v) is 2.88. The third-order valence-electron chi connectivity index (χ3n) is 2.45. The number of anilines is 1. The van der Waals surface area contributed by atoms with E-state index in [0.717, 1.165) is 11.2 Å². The van der Waals surface area contributed by atoms with E-state index in [-0.39, 0.29) is 11.8 Å². The van der Waals surface area contributed by atoms with Gasteiger partial charge in [0.25, 0.3) is 0 Å². The predicted molar refractivity (Wildman–Crippen MR) is 70.5 cm³/mol. The molecule has 0 aliphatic rings. The van der Waals surface area contributed by atoms with Crippen LogP contribution in [0.25, 0.3) is 5.52 Å². The smallest absolute Gasteiger partial charge is 0.152 e. The Balaban J connectivity index is 2.26. The Morgan fingerprint density at radius 3 is 2.89 bits per heavy atom. The van der Waals surface area contributed by atoms with Gasteiger partial charge in [-0.25, -0.2) is 17.9 Å². The Morgan fingerprint density at radius 2 is 2.22 bits per heavy atom. The van der Waals surface area contributed by atoms with Crippen molar-refractivity contribution in [1.29, 1.82) is 0 Å². The summed E-state index contributed by atoms with van der Waals surface area (Å²) >= 11 is 0. The lowest BCUT2D eigenvalue weighted by Crippen LogP contribution is -2.25. The van der Waals surface area contributed by atoms with Crippen molar-refractivity contribution in [3.05, 3.63) is 24.2 Å². The summed E-state index contributed by atoms with van der Waals surface area (Å²) in [5.74, 6) is 0.720. The molecule has 0 spiro atoms. The van der Waals surface area contributed by atoms with Gasteiger partial charge < -0.3 is 5.32 Å². The molecule has 2 heterocycles. The Hall–Kier alpha value is -1.63. The second-order valence-electron chi connectivity index (χ2n) is 4.53. The first kappa shape index (κ1) is 12.8. The van der Waals surface area contributed by atoms with Crippen LogP contribution in [0.3, 0.4) is 0 Å². The van der Waals surface area contributed by atoms with Gasteiger partial charge in [0, 0.05) is 24.7 Å². The van der Waals surface area contributed by atoms with E-state index in [1.54, 1.807) is 16.9 Å². The summed E-state index contributed by atoms with van der Waals surface area (Å²) < 4.78 is 24.2. The summed E-state index contributed by atoms with van der Waals surface area (Å²) in [6.07, 6.45) is 4.62.